The molecule has 1 amide bonds. The summed E-state index contributed by atoms with van der Waals surface area (Å²) in [6.07, 6.45) is 0. The molecule has 2 heterocycles. The first-order valence-electron chi connectivity index (χ1n) is 8.12. The average molecular weight is 362 g/mol. The fourth-order valence-electron chi connectivity index (χ4n) is 2.81. The second-order valence-corrected chi connectivity index (χ2v) is 7.27. The summed E-state index contributed by atoms with van der Waals surface area (Å²) in [5.74, 6) is 1.58. The number of ether oxygens (including phenoxy) is 2. The summed E-state index contributed by atoms with van der Waals surface area (Å²) in [5, 5.41) is 7.15. The molecule has 0 saturated heterocycles. The average Bonchev–Trinajstić information content (AvgIpc) is 3.21. The van der Waals surface area contributed by atoms with Gasteiger partial charge < -0.3 is 14.8 Å². The molecular weight excluding hydrogens is 340 g/mol. The van der Waals surface area contributed by atoms with Crippen molar-refractivity contribution in [2.45, 2.75) is 32.4 Å². The highest BCUT2D eigenvalue weighted by molar-refractivity contribution is 7.05. The Balaban J connectivity index is 1.74. The SMILES string of the molecule is CC(C)c1nnsc1CNC(=O)C(c1ccc2c(c1)OCO2)N(C)C. The highest BCUT2D eigenvalue weighted by Crippen LogP contribution is 2.35. The second-order valence-electron chi connectivity index (χ2n) is 6.43. The first-order chi connectivity index (χ1) is 12.0. The molecule has 0 aliphatic carbocycles. The molecule has 1 aromatic carbocycles. The largest absolute Gasteiger partial charge is 0.454 e. The molecule has 0 fully saturated rings. The second kappa shape index (κ2) is 7.37. The van der Waals surface area contributed by atoms with E-state index in [1.54, 1.807) is 0 Å². The summed E-state index contributed by atoms with van der Waals surface area (Å²) in [4.78, 5) is 15.7. The van der Waals surface area contributed by atoms with Crippen LogP contribution < -0.4 is 14.8 Å². The van der Waals surface area contributed by atoms with Gasteiger partial charge in [-0.25, -0.2) is 0 Å². The zero-order valence-electron chi connectivity index (χ0n) is 14.8. The highest BCUT2D eigenvalue weighted by atomic mass is 32.1. The molecule has 1 N–H and O–H groups in total. The number of fused-ring (bicyclic) bond motifs is 1. The summed E-state index contributed by atoms with van der Waals surface area (Å²) < 4.78 is 14.8. The molecule has 0 bridgehead atoms. The van der Waals surface area contributed by atoms with E-state index in [4.69, 9.17) is 9.47 Å². The van der Waals surface area contributed by atoms with Crippen molar-refractivity contribution in [1.82, 2.24) is 19.8 Å². The van der Waals surface area contributed by atoms with Gasteiger partial charge in [-0.1, -0.05) is 24.4 Å². The van der Waals surface area contributed by atoms with E-state index in [1.165, 1.54) is 11.5 Å². The lowest BCUT2D eigenvalue weighted by molar-refractivity contribution is -0.125. The molecule has 1 atom stereocenters. The van der Waals surface area contributed by atoms with Crippen molar-refractivity contribution in [2.75, 3.05) is 20.9 Å². The van der Waals surface area contributed by atoms with Crippen LogP contribution in [0.5, 0.6) is 11.5 Å². The van der Waals surface area contributed by atoms with E-state index in [-0.39, 0.29) is 18.6 Å². The van der Waals surface area contributed by atoms with E-state index in [2.05, 4.69) is 28.8 Å². The Hall–Kier alpha value is -2.19. The number of hydrogen-bond acceptors (Lipinski definition) is 7. The van der Waals surface area contributed by atoms with Gasteiger partial charge in [-0.3, -0.25) is 9.69 Å². The highest BCUT2D eigenvalue weighted by Gasteiger charge is 2.26. The summed E-state index contributed by atoms with van der Waals surface area (Å²) in [7, 11) is 3.76. The zero-order chi connectivity index (χ0) is 18.0. The minimum absolute atomic E-state index is 0.0769. The van der Waals surface area contributed by atoms with E-state index in [1.807, 2.05) is 37.2 Å². The van der Waals surface area contributed by atoms with Gasteiger partial charge in [0.1, 0.15) is 6.04 Å². The molecule has 134 valence electrons. The fourth-order valence-corrected chi connectivity index (χ4v) is 3.54. The van der Waals surface area contributed by atoms with Crippen molar-refractivity contribution in [3.63, 3.8) is 0 Å². The number of carbonyl (C=O) groups excluding carboxylic acids is 1. The lowest BCUT2D eigenvalue weighted by Gasteiger charge is -2.24. The van der Waals surface area contributed by atoms with Crippen molar-refractivity contribution in [3.8, 4) is 11.5 Å². The van der Waals surface area contributed by atoms with Crippen LogP contribution in [0.3, 0.4) is 0 Å². The van der Waals surface area contributed by atoms with Gasteiger partial charge >= 0.3 is 0 Å². The van der Waals surface area contributed by atoms with E-state index >= 15 is 0 Å². The Morgan fingerprint density at radius 3 is 2.80 bits per heavy atom. The summed E-state index contributed by atoms with van der Waals surface area (Å²) in [6.45, 7) is 4.78. The Labute approximate surface area is 151 Å². The molecule has 1 unspecified atom stereocenters. The van der Waals surface area contributed by atoms with E-state index in [0.29, 0.717) is 18.0 Å². The van der Waals surface area contributed by atoms with Crippen LogP contribution in [0.4, 0.5) is 0 Å². The lowest BCUT2D eigenvalue weighted by Crippen LogP contribution is -2.36. The predicted octanol–water partition coefficient (Wildman–Crippen LogP) is 2.31. The van der Waals surface area contributed by atoms with Crippen LogP contribution in [-0.4, -0.2) is 41.3 Å². The molecule has 8 heteroatoms. The van der Waals surface area contributed by atoms with Crippen molar-refractivity contribution >= 4 is 17.4 Å². The molecule has 25 heavy (non-hydrogen) atoms. The quantitative estimate of drug-likeness (QED) is 0.850. The molecule has 0 spiro atoms. The summed E-state index contributed by atoms with van der Waals surface area (Å²) in [5.41, 5.74) is 1.80. The van der Waals surface area contributed by atoms with Gasteiger partial charge in [-0.05, 0) is 49.2 Å². The van der Waals surface area contributed by atoms with Crippen LogP contribution in [0.25, 0.3) is 0 Å². The standard InChI is InChI=1S/C17H22N4O3S/c1-10(2)15-14(25-20-19-15)8-18-17(22)16(21(3)4)11-5-6-12-13(7-11)24-9-23-12/h5-7,10,16H,8-9H2,1-4H3,(H,18,22). The van der Waals surface area contributed by atoms with E-state index in [9.17, 15) is 4.79 Å². The number of nitrogens with zero attached hydrogens (tertiary/aromatic N) is 3. The number of amides is 1. The number of benzene rings is 1. The molecule has 1 aliphatic rings. The zero-order valence-corrected chi connectivity index (χ0v) is 15.6. The first-order valence-corrected chi connectivity index (χ1v) is 8.89. The van der Waals surface area contributed by atoms with Crippen LogP contribution in [0.15, 0.2) is 18.2 Å². The number of aromatic nitrogens is 2. The van der Waals surface area contributed by atoms with Gasteiger partial charge in [-0.15, -0.1) is 5.10 Å². The molecule has 0 saturated carbocycles. The van der Waals surface area contributed by atoms with E-state index < -0.39 is 6.04 Å². The minimum Gasteiger partial charge on any atom is -0.454 e. The predicted molar refractivity (Wildman–Crippen MR) is 94.8 cm³/mol. The molecule has 0 radical (unpaired) electrons. The van der Waals surface area contributed by atoms with Gasteiger partial charge in [0, 0.05) is 0 Å². The minimum atomic E-state index is -0.419. The topological polar surface area (TPSA) is 76.6 Å². The van der Waals surface area contributed by atoms with Crippen LogP contribution in [0.2, 0.25) is 0 Å². The maximum atomic E-state index is 12.8. The Morgan fingerprint density at radius 1 is 1.32 bits per heavy atom. The Kier molecular flexibility index (Phi) is 5.19. The van der Waals surface area contributed by atoms with Gasteiger partial charge in [-0.2, -0.15) is 0 Å². The maximum absolute atomic E-state index is 12.8. The van der Waals surface area contributed by atoms with Gasteiger partial charge in [0.25, 0.3) is 0 Å². The molecule has 7 nitrogen and oxygen atoms in total. The first kappa shape index (κ1) is 17.6. The molecular formula is C17H22N4O3S. The van der Waals surface area contributed by atoms with Gasteiger partial charge in [0.15, 0.2) is 11.5 Å². The molecule has 2 aromatic rings. The lowest BCUT2D eigenvalue weighted by atomic mass is 10.0. The van der Waals surface area contributed by atoms with Crippen molar-refractivity contribution in [3.05, 3.63) is 34.3 Å². The summed E-state index contributed by atoms with van der Waals surface area (Å²) >= 11 is 1.33. The van der Waals surface area contributed by atoms with Gasteiger partial charge in [0.2, 0.25) is 12.7 Å². The molecule has 3 rings (SSSR count). The normalized spacial score (nSPS) is 14.2. The Morgan fingerprint density at radius 2 is 2.08 bits per heavy atom. The fraction of sp³-hybridized carbons (Fsp3) is 0.471. The number of likely N-dealkylation sites (N-methyl/N-ethyl adjacent to an activating group) is 1. The molecule has 1 aromatic heterocycles. The van der Waals surface area contributed by atoms with Crippen LogP contribution in [0.1, 0.15) is 41.9 Å². The van der Waals surface area contributed by atoms with Crippen LogP contribution in [0, 0.1) is 0 Å². The maximum Gasteiger partial charge on any atom is 0.242 e. The van der Waals surface area contributed by atoms with Crippen molar-refractivity contribution in [1.29, 1.82) is 0 Å². The van der Waals surface area contributed by atoms with Crippen molar-refractivity contribution in [2.24, 2.45) is 0 Å². The van der Waals surface area contributed by atoms with Gasteiger partial charge in [0.05, 0.1) is 17.1 Å². The molecule has 1 aliphatic heterocycles. The third-order valence-electron chi connectivity index (χ3n) is 4.03. The third-order valence-corrected chi connectivity index (χ3v) is 4.77. The number of hydrogen-bond donors (Lipinski definition) is 1. The van der Waals surface area contributed by atoms with E-state index in [0.717, 1.165) is 16.1 Å². The van der Waals surface area contributed by atoms with Crippen molar-refractivity contribution < 1.29 is 14.3 Å². The number of nitrogens with one attached hydrogen (secondary N) is 1. The third kappa shape index (κ3) is 3.74. The van der Waals surface area contributed by atoms with Crippen LogP contribution in [-0.2, 0) is 11.3 Å². The summed E-state index contributed by atoms with van der Waals surface area (Å²) in [6, 6.07) is 5.18. The van der Waals surface area contributed by atoms with Crippen LogP contribution >= 0.6 is 11.5 Å². The number of rotatable bonds is 6. The monoisotopic (exact) mass is 362 g/mol. The smallest absolute Gasteiger partial charge is 0.242 e. The number of carbonyl (C=O) groups is 1. The Bertz CT molecular complexity index is 760.